The van der Waals surface area contributed by atoms with Crippen molar-refractivity contribution in [1.82, 2.24) is 9.88 Å². The van der Waals surface area contributed by atoms with E-state index in [0.717, 1.165) is 30.8 Å². The summed E-state index contributed by atoms with van der Waals surface area (Å²) in [5.41, 5.74) is 1.68. The van der Waals surface area contributed by atoms with Crippen molar-refractivity contribution in [3.05, 3.63) is 59.9 Å². The van der Waals surface area contributed by atoms with Gasteiger partial charge in [0.05, 0.1) is 18.1 Å². The molecular weight excluding hydrogens is 421 g/mol. The lowest BCUT2D eigenvalue weighted by Gasteiger charge is -2.26. The Balaban J connectivity index is 1.65. The maximum atomic E-state index is 13.3. The number of halogens is 1. The van der Waals surface area contributed by atoms with Crippen molar-refractivity contribution in [3.63, 3.8) is 0 Å². The van der Waals surface area contributed by atoms with Crippen molar-refractivity contribution in [1.29, 1.82) is 0 Å². The Bertz CT molecular complexity index is 1140. The number of sulfone groups is 1. The number of anilines is 1. The van der Waals surface area contributed by atoms with Crippen molar-refractivity contribution < 1.29 is 22.0 Å². The highest BCUT2D eigenvalue weighted by Crippen LogP contribution is 2.32. The number of nitrogens with zero attached hydrogens (tertiary/aromatic N) is 2. The molecule has 0 aliphatic carbocycles. The van der Waals surface area contributed by atoms with Gasteiger partial charge in [-0.2, -0.15) is 4.98 Å². The van der Waals surface area contributed by atoms with Crippen molar-refractivity contribution in [3.8, 4) is 11.5 Å². The first kappa shape index (κ1) is 21.5. The fourth-order valence-electron chi connectivity index (χ4n) is 3.38. The Labute approximate surface area is 180 Å². The minimum atomic E-state index is -4.01. The standard InChI is InChI=1S/C22H24FN3O4S/c1-16-3-2-4-17(15-16)20-25-22(31(27,28)19-7-5-18(23)6-8-19)21(30-20)24-9-10-26-11-13-29-14-12-26/h2-8,15,24H,9-14H2,1H3. The largest absolute Gasteiger partial charge is 0.419 e. The van der Waals surface area contributed by atoms with Gasteiger partial charge in [-0.3, -0.25) is 4.90 Å². The van der Waals surface area contributed by atoms with Crippen LogP contribution >= 0.6 is 0 Å². The molecule has 4 rings (SSSR count). The van der Waals surface area contributed by atoms with Crippen LogP contribution in [0.5, 0.6) is 0 Å². The third-order valence-electron chi connectivity index (χ3n) is 5.06. The van der Waals surface area contributed by atoms with Gasteiger partial charge in [0.15, 0.2) is 0 Å². The molecule has 0 bridgehead atoms. The number of nitrogens with one attached hydrogen (secondary N) is 1. The zero-order valence-corrected chi connectivity index (χ0v) is 18.0. The maximum Gasteiger partial charge on any atom is 0.233 e. The molecule has 0 atom stereocenters. The average molecular weight is 446 g/mol. The molecule has 1 fully saturated rings. The smallest absolute Gasteiger partial charge is 0.233 e. The summed E-state index contributed by atoms with van der Waals surface area (Å²) >= 11 is 0. The number of benzene rings is 2. The zero-order chi connectivity index (χ0) is 21.8. The van der Waals surface area contributed by atoms with Crippen LogP contribution in [0.15, 0.2) is 62.9 Å². The molecule has 1 aliphatic rings. The molecule has 0 amide bonds. The molecule has 3 aromatic rings. The van der Waals surface area contributed by atoms with Crippen LogP contribution in [-0.2, 0) is 14.6 Å². The van der Waals surface area contributed by atoms with Gasteiger partial charge in [-0.15, -0.1) is 0 Å². The molecule has 0 saturated carbocycles. The molecule has 2 heterocycles. The van der Waals surface area contributed by atoms with Gasteiger partial charge >= 0.3 is 0 Å². The monoisotopic (exact) mass is 445 g/mol. The second-order valence-electron chi connectivity index (χ2n) is 7.36. The van der Waals surface area contributed by atoms with Gasteiger partial charge in [0.1, 0.15) is 5.82 Å². The molecule has 1 N–H and O–H groups in total. The second kappa shape index (κ2) is 9.17. The average Bonchev–Trinajstić information content (AvgIpc) is 3.20. The summed E-state index contributed by atoms with van der Waals surface area (Å²) in [5.74, 6) is -0.226. The van der Waals surface area contributed by atoms with E-state index in [0.29, 0.717) is 31.9 Å². The van der Waals surface area contributed by atoms with Gasteiger partial charge in [-0.25, -0.2) is 12.8 Å². The predicted molar refractivity (Wildman–Crippen MR) is 114 cm³/mol. The summed E-state index contributed by atoms with van der Waals surface area (Å²) in [4.78, 5) is 6.49. The molecule has 1 aliphatic heterocycles. The summed E-state index contributed by atoms with van der Waals surface area (Å²) in [6, 6.07) is 12.1. The molecular formula is C22H24FN3O4S. The fourth-order valence-corrected chi connectivity index (χ4v) is 4.66. The minimum Gasteiger partial charge on any atom is -0.419 e. The van der Waals surface area contributed by atoms with E-state index in [9.17, 15) is 12.8 Å². The number of rotatable bonds is 7. The van der Waals surface area contributed by atoms with E-state index in [4.69, 9.17) is 9.15 Å². The second-order valence-corrected chi connectivity index (χ2v) is 9.23. The van der Waals surface area contributed by atoms with Gasteiger partial charge in [0.25, 0.3) is 0 Å². The topological polar surface area (TPSA) is 84.7 Å². The van der Waals surface area contributed by atoms with Crippen LogP contribution in [0, 0.1) is 12.7 Å². The first-order chi connectivity index (χ1) is 14.9. The quantitative estimate of drug-likeness (QED) is 0.558. The molecule has 7 nitrogen and oxygen atoms in total. The zero-order valence-electron chi connectivity index (χ0n) is 17.2. The van der Waals surface area contributed by atoms with Gasteiger partial charge in [-0.05, 0) is 43.3 Å². The van der Waals surface area contributed by atoms with Gasteiger partial charge < -0.3 is 14.5 Å². The number of hydrogen-bond donors (Lipinski definition) is 1. The van der Waals surface area contributed by atoms with Crippen LogP contribution in [0.4, 0.5) is 10.3 Å². The Morgan fingerprint density at radius 2 is 1.87 bits per heavy atom. The summed E-state index contributed by atoms with van der Waals surface area (Å²) in [6.07, 6.45) is 0. The number of ether oxygens (including phenoxy) is 1. The number of aromatic nitrogens is 1. The Morgan fingerprint density at radius 1 is 1.13 bits per heavy atom. The number of hydrogen-bond acceptors (Lipinski definition) is 7. The van der Waals surface area contributed by atoms with Crippen LogP contribution in [0.1, 0.15) is 5.56 Å². The van der Waals surface area contributed by atoms with Gasteiger partial charge in [0, 0.05) is 31.7 Å². The highest BCUT2D eigenvalue weighted by Gasteiger charge is 2.28. The fraction of sp³-hybridized carbons (Fsp3) is 0.318. The normalized spacial score (nSPS) is 15.2. The van der Waals surface area contributed by atoms with E-state index in [1.54, 1.807) is 0 Å². The van der Waals surface area contributed by atoms with Gasteiger partial charge in [0.2, 0.25) is 26.6 Å². The van der Waals surface area contributed by atoms with Crippen molar-refractivity contribution in [2.45, 2.75) is 16.8 Å². The summed E-state index contributed by atoms with van der Waals surface area (Å²) in [5, 5.41) is 2.88. The molecule has 31 heavy (non-hydrogen) atoms. The summed E-state index contributed by atoms with van der Waals surface area (Å²) in [6.45, 7) is 6.15. The van der Waals surface area contributed by atoms with Crippen molar-refractivity contribution in [2.75, 3.05) is 44.7 Å². The van der Waals surface area contributed by atoms with E-state index in [-0.39, 0.29) is 21.7 Å². The number of aryl methyl sites for hydroxylation is 1. The molecule has 164 valence electrons. The Kier molecular flexibility index (Phi) is 6.35. The molecule has 1 aromatic heterocycles. The molecule has 0 unspecified atom stereocenters. The lowest BCUT2D eigenvalue weighted by molar-refractivity contribution is 0.0398. The van der Waals surface area contributed by atoms with Crippen LogP contribution in [0.2, 0.25) is 0 Å². The van der Waals surface area contributed by atoms with Crippen LogP contribution in [0.3, 0.4) is 0 Å². The maximum absolute atomic E-state index is 13.3. The summed E-state index contributed by atoms with van der Waals surface area (Å²) in [7, 11) is -4.01. The predicted octanol–water partition coefficient (Wildman–Crippen LogP) is 3.37. The number of oxazole rings is 1. The SMILES string of the molecule is Cc1cccc(-c2nc(S(=O)(=O)c3ccc(F)cc3)c(NCCN3CCOCC3)o2)c1. The van der Waals surface area contributed by atoms with Crippen LogP contribution in [0.25, 0.3) is 11.5 Å². The first-order valence-corrected chi connectivity index (χ1v) is 11.5. The first-order valence-electron chi connectivity index (χ1n) is 10.1. The third kappa shape index (κ3) is 4.95. The van der Waals surface area contributed by atoms with Crippen LogP contribution in [-0.4, -0.2) is 57.7 Å². The third-order valence-corrected chi connectivity index (χ3v) is 6.74. The molecule has 0 spiro atoms. The Hall–Kier alpha value is -2.75. The van der Waals surface area contributed by atoms with E-state index in [1.165, 1.54) is 12.1 Å². The minimum absolute atomic E-state index is 0.0470. The van der Waals surface area contributed by atoms with E-state index in [1.807, 2.05) is 31.2 Å². The molecule has 0 radical (unpaired) electrons. The highest BCUT2D eigenvalue weighted by molar-refractivity contribution is 7.91. The molecule has 2 aromatic carbocycles. The van der Waals surface area contributed by atoms with Crippen LogP contribution < -0.4 is 5.32 Å². The van der Waals surface area contributed by atoms with Crippen molar-refractivity contribution in [2.24, 2.45) is 0 Å². The Morgan fingerprint density at radius 3 is 2.58 bits per heavy atom. The molecule has 9 heteroatoms. The van der Waals surface area contributed by atoms with Gasteiger partial charge in [-0.1, -0.05) is 17.7 Å². The molecule has 1 saturated heterocycles. The lowest BCUT2D eigenvalue weighted by atomic mass is 10.1. The van der Waals surface area contributed by atoms with E-state index < -0.39 is 15.7 Å². The van der Waals surface area contributed by atoms with Crippen molar-refractivity contribution >= 4 is 15.7 Å². The summed E-state index contributed by atoms with van der Waals surface area (Å²) < 4.78 is 51.0. The van der Waals surface area contributed by atoms with E-state index in [2.05, 4.69) is 15.2 Å². The number of morpholine rings is 1. The lowest BCUT2D eigenvalue weighted by Crippen LogP contribution is -2.39. The van der Waals surface area contributed by atoms with E-state index >= 15 is 0 Å². The highest BCUT2D eigenvalue weighted by atomic mass is 32.2.